The molecular formula is C31H21N. The minimum Gasteiger partial charge on any atom is -0.247 e. The zero-order chi connectivity index (χ0) is 21.3. The number of fused-ring (bicyclic) bond motifs is 2. The number of para-hydroxylation sites is 1. The van der Waals surface area contributed by atoms with Crippen LogP contribution in [-0.2, 0) is 0 Å². The molecule has 1 heterocycles. The van der Waals surface area contributed by atoms with Gasteiger partial charge in [-0.15, -0.1) is 0 Å². The fourth-order valence-corrected chi connectivity index (χ4v) is 4.55. The highest BCUT2D eigenvalue weighted by Gasteiger charge is 2.19. The van der Waals surface area contributed by atoms with Crippen molar-refractivity contribution < 1.29 is 0 Å². The summed E-state index contributed by atoms with van der Waals surface area (Å²) in [6.07, 6.45) is 0. The molecule has 0 aliphatic carbocycles. The fourth-order valence-electron chi connectivity index (χ4n) is 4.55. The molecule has 5 aromatic carbocycles. The Labute approximate surface area is 187 Å². The molecule has 0 bridgehead atoms. The van der Waals surface area contributed by atoms with Crippen LogP contribution < -0.4 is 0 Å². The highest BCUT2D eigenvalue weighted by Crippen LogP contribution is 2.43. The van der Waals surface area contributed by atoms with Crippen molar-refractivity contribution in [2.45, 2.75) is 0 Å². The van der Waals surface area contributed by atoms with Gasteiger partial charge in [-0.05, 0) is 34.0 Å². The maximum Gasteiger partial charge on any atom is 0.0794 e. The van der Waals surface area contributed by atoms with Gasteiger partial charge in [-0.2, -0.15) is 0 Å². The molecule has 0 fully saturated rings. The Bertz CT molecular complexity index is 1550. The third-order valence-corrected chi connectivity index (χ3v) is 6.04. The molecule has 0 unspecified atom stereocenters. The highest BCUT2D eigenvalue weighted by molar-refractivity contribution is 6.07. The Morgan fingerprint density at radius 1 is 0.406 bits per heavy atom. The highest BCUT2D eigenvalue weighted by atomic mass is 14.7. The molecule has 6 rings (SSSR count). The molecule has 0 amide bonds. The van der Waals surface area contributed by atoms with Gasteiger partial charge in [-0.3, -0.25) is 0 Å². The van der Waals surface area contributed by atoms with Gasteiger partial charge >= 0.3 is 0 Å². The zero-order valence-corrected chi connectivity index (χ0v) is 17.6. The van der Waals surface area contributed by atoms with E-state index in [0.29, 0.717) is 0 Å². The number of aromatic nitrogens is 1. The van der Waals surface area contributed by atoms with E-state index in [-0.39, 0.29) is 0 Å². The van der Waals surface area contributed by atoms with Crippen LogP contribution in [0.4, 0.5) is 0 Å². The van der Waals surface area contributed by atoms with Crippen LogP contribution in [0.25, 0.3) is 55.2 Å². The first-order valence-corrected chi connectivity index (χ1v) is 10.9. The van der Waals surface area contributed by atoms with E-state index < -0.39 is 0 Å². The molecule has 0 aliphatic heterocycles. The quantitative estimate of drug-likeness (QED) is 0.287. The number of rotatable bonds is 3. The van der Waals surface area contributed by atoms with E-state index in [1.165, 1.54) is 38.4 Å². The van der Waals surface area contributed by atoms with E-state index >= 15 is 0 Å². The van der Waals surface area contributed by atoms with Gasteiger partial charge in [0.25, 0.3) is 0 Å². The Morgan fingerprint density at radius 2 is 1.00 bits per heavy atom. The topological polar surface area (TPSA) is 12.9 Å². The van der Waals surface area contributed by atoms with E-state index in [9.17, 15) is 0 Å². The van der Waals surface area contributed by atoms with Crippen LogP contribution >= 0.6 is 0 Å². The van der Waals surface area contributed by atoms with Crippen molar-refractivity contribution in [3.63, 3.8) is 0 Å². The summed E-state index contributed by atoms with van der Waals surface area (Å²) in [5, 5.41) is 3.63. The van der Waals surface area contributed by atoms with Crippen molar-refractivity contribution in [2.75, 3.05) is 0 Å². The number of nitrogens with zero attached hydrogens (tertiary/aromatic N) is 1. The zero-order valence-electron chi connectivity index (χ0n) is 17.6. The number of hydrogen-bond donors (Lipinski definition) is 0. The van der Waals surface area contributed by atoms with Crippen LogP contribution in [0.2, 0.25) is 0 Å². The van der Waals surface area contributed by atoms with Crippen LogP contribution in [0, 0.1) is 0 Å². The first kappa shape index (κ1) is 18.5. The lowest BCUT2D eigenvalue weighted by atomic mass is 9.88. The van der Waals surface area contributed by atoms with Gasteiger partial charge in [0.05, 0.1) is 11.2 Å². The molecule has 0 saturated carbocycles. The lowest BCUT2D eigenvalue weighted by Crippen LogP contribution is -1.96. The van der Waals surface area contributed by atoms with E-state index in [1.54, 1.807) is 0 Å². The average molecular weight is 408 g/mol. The summed E-state index contributed by atoms with van der Waals surface area (Å²) in [6, 6.07) is 44.9. The second-order valence-corrected chi connectivity index (χ2v) is 8.02. The molecule has 0 spiro atoms. The third kappa shape index (κ3) is 3.16. The summed E-state index contributed by atoms with van der Waals surface area (Å²) in [6.45, 7) is 0. The Morgan fingerprint density at radius 3 is 1.75 bits per heavy atom. The molecule has 150 valence electrons. The summed E-state index contributed by atoms with van der Waals surface area (Å²) in [5.74, 6) is 0. The van der Waals surface area contributed by atoms with Crippen LogP contribution in [0.5, 0.6) is 0 Å². The smallest absolute Gasteiger partial charge is 0.0794 e. The molecule has 0 radical (unpaired) electrons. The molecule has 6 aromatic rings. The van der Waals surface area contributed by atoms with E-state index in [0.717, 1.165) is 16.8 Å². The summed E-state index contributed by atoms with van der Waals surface area (Å²) >= 11 is 0. The predicted octanol–water partition coefficient (Wildman–Crippen LogP) is 8.39. The van der Waals surface area contributed by atoms with Crippen LogP contribution in [0.3, 0.4) is 0 Å². The van der Waals surface area contributed by atoms with Gasteiger partial charge in [0, 0.05) is 22.1 Å². The van der Waals surface area contributed by atoms with Crippen molar-refractivity contribution in [1.82, 2.24) is 4.98 Å². The largest absolute Gasteiger partial charge is 0.247 e. The second-order valence-electron chi connectivity index (χ2n) is 8.02. The van der Waals surface area contributed by atoms with Crippen LogP contribution in [-0.4, -0.2) is 4.98 Å². The summed E-state index contributed by atoms with van der Waals surface area (Å²) < 4.78 is 0. The molecular weight excluding hydrogens is 386 g/mol. The lowest BCUT2D eigenvalue weighted by molar-refractivity contribution is 1.40. The molecule has 0 N–H and O–H groups in total. The first-order valence-electron chi connectivity index (χ1n) is 10.9. The maximum atomic E-state index is 5.21. The predicted molar refractivity (Wildman–Crippen MR) is 136 cm³/mol. The van der Waals surface area contributed by atoms with E-state index in [4.69, 9.17) is 4.98 Å². The van der Waals surface area contributed by atoms with Gasteiger partial charge in [0.1, 0.15) is 0 Å². The lowest BCUT2D eigenvalue weighted by Gasteiger charge is -2.18. The standard InChI is InChI=1S/C31H21N/c1-3-12-23(13-4-1)29-27-17-9-10-18-28(27)32-31(30(29)24-14-5-2-6-15-24)26-20-19-22-11-7-8-16-25(22)21-26/h1-21H. The van der Waals surface area contributed by atoms with Gasteiger partial charge in [0.15, 0.2) is 0 Å². The molecule has 1 nitrogen and oxygen atoms in total. The Kier molecular flexibility index (Phi) is 4.51. The Balaban J connectivity index is 1.77. The minimum absolute atomic E-state index is 1.01. The number of benzene rings is 5. The van der Waals surface area contributed by atoms with Crippen LogP contribution in [0.15, 0.2) is 127 Å². The van der Waals surface area contributed by atoms with Crippen LogP contribution in [0.1, 0.15) is 0 Å². The van der Waals surface area contributed by atoms with Gasteiger partial charge < -0.3 is 0 Å². The average Bonchev–Trinajstić information content (AvgIpc) is 2.88. The molecule has 1 heteroatoms. The summed E-state index contributed by atoms with van der Waals surface area (Å²) in [7, 11) is 0. The van der Waals surface area contributed by atoms with Crippen molar-refractivity contribution in [2.24, 2.45) is 0 Å². The van der Waals surface area contributed by atoms with Gasteiger partial charge in [-0.25, -0.2) is 4.98 Å². The Hall–Kier alpha value is -4.23. The maximum absolute atomic E-state index is 5.21. The van der Waals surface area contributed by atoms with Crippen molar-refractivity contribution in [1.29, 1.82) is 0 Å². The van der Waals surface area contributed by atoms with E-state index in [2.05, 4.69) is 127 Å². The second kappa shape index (κ2) is 7.79. The summed E-state index contributed by atoms with van der Waals surface area (Å²) in [4.78, 5) is 5.21. The number of hydrogen-bond acceptors (Lipinski definition) is 1. The SMILES string of the molecule is c1ccc(-c2c(-c3ccc4ccccc4c3)nc3ccccc3c2-c2ccccc2)cc1. The van der Waals surface area contributed by atoms with E-state index in [1.807, 2.05) is 0 Å². The molecule has 0 saturated heterocycles. The summed E-state index contributed by atoms with van der Waals surface area (Å²) in [5.41, 5.74) is 7.93. The molecule has 0 aliphatic rings. The third-order valence-electron chi connectivity index (χ3n) is 6.04. The fraction of sp³-hybridized carbons (Fsp3) is 0. The molecule has 0 atom stereocenters. The molecule has 1 aromatic heterocycles. The normalized spacial score (nSPS) is 11.1. The van der Waals surface area contributed by atoms with Crippen molar-refractivity contribution >= 4 is 21.7 Å². The van der Waals surface area contributed by atoms with Crippen molar-refractivity contribution in [3.05, 3.63) is 127 Å². The van der Waals surface area contributed by atoms with Crippen molar-refractivity contribution in [3.8, 4) is 33.5 Å². The van der Waals surface area contributed by atoms with Gasteiger partial charge in [0.2, 0.25) is 0 Å². The molecule has 32 heavy (non-hydrogen) atoms. The van der Waals surface area contributed by atoms with Gasteiger partial charge in [-0.1, -0.05) is 115 Å². The number of pyridine rings is 1. The monoisotopic (exact) mass is 407 g/mol. The first-order chi connectivity index (χ1) is 15.9. The minimum atomic E-state index is 1.01.